The highest BCUT2D eigenvalue weighted by molar-refractivity contribution is 5.70. The molecule has 1 saturated heterocycles. The number of hydrogen-bond acceptors (Lipinski definition) is 5. The smallest absolute Gasteiger partial charge is 0.410 e. The summed E-state index contributed by atoms with van der Waals surface area (Å²) in [5, 5.41) is 0. The Hall–Kier alpha value is -2.31. The van der Waals surface area contributed by atoms with Crippen LogP contribution in [0.25, 0.3) is 11.2 Å². The van der Waals surface area contributed by atoms with E-state index in [-0.39, 0.29) is 12.2 Å². The zero-order chi connectivity index (χ0) is 16.4. The van der Waals surface area contributed by atoms with Gasteiger partial charge in [0.15, 0.2) is 5.65 Å². The van der Waals surface area contributed by atoms with Crippen LogP contribution in [-0.4, -0.2) is 50.7 Å². The first kappa shape index (κ1) is 15.6. The van der Waals surface area contributed by atoms with E-state index in [2.05, 4.69) is 15.0 Å². The molecule has 23 heavy (non-hydrogen) atoms. The van der Waals surface area contributed by atoms with Crippen molar-refractivity contribution in [3.8, 4) is 6.01 Å². The molecule has 2 aromatic rings. The Morgan fingerprint density at radius 1 is 1.35 bits per heavy atom. The molecule has 1 aliphatic heterocycles. The van der Waals surface area contributed by atoms with Crippen LogP contribution in [0, 0.1) is 0 Å². The van der Waals surface area contributed by atoms with E-state index in [1.165, 1.54) is 0 Å². The quantitative estimate of drug-likeness (QED) is 0.921. The summed E-state index contributed by atoms with van der Waals surface area (Å²) in [6, 6.07) is 4.24. The number of likely N-dealkylation sites (tertiary alicyclic amines) is 1. The predicted molar refractivity (Wildman–Crippen MR) is 85.3 cm³/mol. The molecule has 7 heteroatoms. The molecule has 1 fully saturated rings. The molecule has 3 rings (SSSR count). The Morgan fingerprint density at radius 3 is 2.74 bits per heavy atom. The number of fused-ring (bicyclic) bond motifs is 1. The molecule has 1 amide bonds. The summed E-state index contributed by atoms with van der Waals surface area (Å²) >= 11 is 0. The van der Waals surface area contributed by atoms with E-state index in [0.717, 1.165) is 18.4 Å². The van der Waals surface area contributed by atoms with Gasteiger partial charge >= 0.3 is 6.09 Å². The molecular weight excluding hydrogens is 296 g/mol. The Morgan fingerprint density at radius 2 is 2.09 bits per heavy atom. The molecule has 0 aliphatic carbocycles. The number of piperidine rings is 1. The molecule has 7 nitrogen and oxygen atoms in total. The van der Waals surface area contributed by atoms with Gasteiger partial charge in [0.05, 0.1) is 5.52 Å². The lowest BCUT2D eigenvalue weighted by molar-refractivity contribution is 0.0120. The second-order valence-electron chi connectivity index (χ2n) is 6.70. The summed E-state index contributed by atoms with van der Waals surface area (Å²) in [7, 11) is 0. The molecule has 1 N–H and O–H groups in total. The first-order valence-corrected chi connectivity index (χ1v) is 7.86. The molecule has 124 valence electrons. The van der Waals surface area contributed by atoms with Crippen LogP contribution in [0.1, 0.15) is 33.6 Å². The van der Waals surface area contributed by atoms with Gasteiger partial charge in [0.2, 0.25) is 0 Å². The van der Waals surface area contributed by atoms with Crippen molar-refractivity contribution in [2.75, 3.05) is 13.1 Å². The monoisotopic (exact) mass is 318 g/mol. The SMILES string of the molecule is CC(C)(C)OC(=O)N1CCC(Oc2nc3ncccc3[nH]2)CC1. The number of aromatic nitrogens is 3. The highest BCUT2D eigenvalue weighted by atomic mass is 16.6. The third kappa shape index (κ3) is 3.91. The number of nitrogens with one attached hydrogen (secondary N) is 1. The highest BCUT2D eigenvalue weighted by Crippen LogP contribution is 2.20. The van der Waals surface area contributed by atoms with Crippen molar-refractivity contribution >= 4 is 17.3 Å². The number of H-pyrrole nitrogens is 1. The predicted octanol–water partition coefficient (Wildman–Crippen LogP) is 2.74. The van der Waals surface area contributed by atoms with Crippen molar-refractivity contribution in [1.82, 2.24) is 19.9 Å². The number of imidazole rings is 1. The summed E-state index contributed by atoms with van der Waals surface area (Å²) in [4.78, 5) is 25.4. The standard InChI is InChI=1S/C16H22N4O3/c1-16(2,3)23-15(21)20-9-6-11(7-10-20)22-14-18-12-5-4-8-17-13(12)19-14/h4-5,8,11H,6-7,9-10H2,1-3H3,(H,17,18,19). The van der Waals surface area contributed by atoms with Crippen LogP contribution in [0.3, 0.4) is 0 Å². The largest absolute Gasteiger partial charge is 0.461 e. The zero-order valence-corrected chi connectivity index (χ0v) is 13.7. The number of carbonyl (C=O) groups is 1. The number of pyridine rings is 1. The second kappa shape index (κ2) is 6.06. The van der Waals surface area contributed by atoms with Crippen molar-refractivity contribution in [2.24, 2.45) is 0 Å². The molecule has 0 radical (unpaired) electrons. The lowest BCUT2D eigenvalue weighted by Crippen LogP contribution is -2.44. The summed E-state index contributed by atoms with van der Waals surface area (Å²) < 4.78 is 11.3. The van der Waals surface area contributed by atoms with Gasteiger partial charge in [-0.15, -0.1) is 0 Å². The van der Waals surface area contributed by atoms with Gasteiger partial charge in [-0.05, 0) is 32.9 Å². The van der Waals surface area contributed by atoms with E-state index in [4.69, 9.17) is 9.47 Å². The van der Waals surface area contributed by atoms with Gasteiger partial charge in [-0.3, -0.25) is 0 Å². The van der Waals surface area contributed by atoms with E-state index in [1.54, 1.807) is 11.1 Å². The van der Waals surface area contributed by atoms with Gasteiger partial charge in [-0.2, -0.15) is 4.98 Å². The molecule has 0 aromatic carbocycles. The highest BCUT2D eigenvalue weighted by Gasteiger charge is 2.28. The molecule has 1 aliphatic rings. The van der Waals surface area contributed by atoms with Crippen molar-refractivity contribution in [2.45, 2.75) is 45.3 Å². The number of rotatable bonds is 2. The van der Waals surface area contributed by atoms with Gasteiger partial charge in [0, 0.05) is 32.1 Å². The average Bonchev–Trinajstić information content (AvgIpc) is 2.88. The molecular formula is C16H22N4O3. The Kier molecular flexibility index (Phi) is 4.11. The Balaban J connectivity index is 1.54. The van der Waals surface area contributed by atoms with E-state index in [0.29, 0.717) is 24.7 Å². The van der Waals surface area contributed by atoms with Gasteiger partial charge in [-0.1, -0.05) is 0 Å². The lowest BCUT2D eigenvalue weighted by atomic mass is 10.1. The molecule has 0 saturated carbocycles. The van der Waals surface area contributed by atoms with Gasteiger partial charge in [-0.25, -0.2) is 9.78 Å². The Labute approximate surface area is 135 Å². The summed E-state index contributed by atoms with van der Waals surface area (Å²) in [6.45, 7) is 6.86. The van der Waals surface area contributed by atoms with Crippen LogP contribution in [0.5, 0.6) is 6.01 Å². The maximum atomic E-state index is 12.0. The van der Waals surface area contributed by atoms with Crippen LogP contribution < -0.4 is 4.74 Å². The minimum absolute atomic E-state index is 0.0363. The first-order chi connectivity index (χ1) is 10.9. The maximum Gasteiger partial charge on any atom is 0.410 e. The molecule has 0 spiro atoms. The average molecular weight is 318 g/mol. The van der Waals surface area contributed by atoms with Crippen molar-refractivity contribution in [3.05, 3.63) is 18.3 Å². The fraction of sp³-hybridized carbons (Fsp3) is 0.562. The lowest BCUT2D eigenvalue weighted by Gasteiger charge is -2.33. The zero-order valence-electron chi connectivity index (χ0n) is 13.7. The number of amides is 1. The summed E-state index contributed by atoms with van der Waals surface area (Å²) in [5.41, 5.74) is 1.04. The Bertz CT molecular complexity index is 651. The molecule has 0 unspecified atom stereocenters. The first-order valence-electron chi connectivity index (χ1n) is 7.86. The fourth-order valence-electron chi connectivity index (χ4n) is 2.52. The third-order valence-corrected chi connectivity index (χ3v) is 3.61. The van der Waals surface area contributed by atoms with Gasteiger partial charge in [0.25, 0.3) is 6.01 Å². The van der Waals surface area contributed by atoms with Crippen LogP contribution in [0.4, 0.5) is 4.79 Å². The van der Waals surface area contributed by atoms with Gasteiger partial charge < -0.3 is 19.4 Å². The molecule has 0 atom stereocenters. The molecule has 3 heterocycles. The number of ether oxygens (including phenoxy) is 2. The fourth-order valence-corrected chi connectivity index (χ4v) is 2.52. The summed E-state index contributed by atoms with van der Waals surface area (Å²) in [5.74, 6) is 0. The number of carbonyl (C=O) groups excluding carboxylic acids is 1. The van der Waals surface area contributed by atoms with Crippen LogP contribution in [0.15, 0.2) is 18.3 Å². The van der Waals surface area contributed by atoms with Crippen molar-refractivity contribution in [3.63, 3.8) is 0 Å². The minimum Gasteiger partial charge on any atom is -0.461 e. The summed E-state index contributed by atoms with van der Waals surface area (Å²) in [6.07, 6.45) is 2.98. The van der Waals surface area contributed by atoms with Crippen molar-refractivity contribution < 1.29 is 14.3 Å². The van der Waals surface area contributed by atoms with E-state index >= 15 is 0 Å². The van der Waals surface area contributed by atoms with Crippen LogP contribution in [-0.2, 0) is 4.74 Å². The minimum atomic E-state index is -0.467. The van der Waals surface area contributed by atoms with E-state index < -0.39 is 5.60 Å². The van der Waals surface area contributed by atoms with E-state index in [1.807, 2.05) is 32.9 Å². The third-order valence-electron chi connectivity index (χ3n) is 3.61. The van der Waals surface area contributed by atoms with Crippen molar-refractivity contribution in [1.29, 1.82) is 0 Å². The van der Waals surface area contributed by atoms with Crippen LogP contribution in [0.2, 0.25) is 0 Å². The number of nitrogens with zero attached hydrogens (tertiary/aromatic N) is 3. The molecule has 2 aromatic heterocycles. The molecule has 0 bridgehead atoms. The second-order valence-corrected chi connectivity index (χ2v) is 6.70. The van der Waals surface area contributed by atoms with Crippen LogP contribution >= 0.6 is 0 Å². The van der Waals surface area contributed by atoms with Gasteiger partial charge in [0.1, 0.15) is 11.7 Å². The van der Waals surface area contributed by atoms with E-state index in [9.17, 15) is 4.79 Å². The maximum absolute atomic E-state index is 12.0. The number of aromatic amines is 1. The number of hydrogen-bond donors (Lipinski definition) is 1. The normalized spacial score (nSPS) is 16.6. The topological polar surface area (TPSA) is 80.3 Å².